The van der Waals surface area contributed by atoms with Crippen LogP contribution < -0.4 is 10.6 Å². The summed E-state index contributed by atoms with van der Waals surface area (Å²) in [6.07, 6.45) is 2.34. The topological polar surface area (TPSA) is 77.0 Å². The van der Waals surface area contributed by atoms with Crippen LogP contribution in [0.25, 0.3) is 5.69 Å². The first kappa shape index (κ1) is 15.9. The third-order valence-corrected chi connectivity index (χ3v) is 5.04. The molecule has 6 nitrogen and oxygen atoms in total. The van der Waals surface area contributed by atoms with Crippen molar-refractivity contribution in [3.8, 4) is 5.69 Å². The van der Waals surface area contributed by atoms with E-state index in [9.17, 15) is 4.79 Å². The van der Waals surface area contributed by atoms with Gasteiger partial charge in [-0.1, -0.05) is 29.5 Å². The number of aromatic nitrogens is 3. The number of hydrogen-bond donors (Lipinski definition) is 1. The second kappa shape index (κ2) is 6.62. The lowest BCUT2D eigenvalue weighted by Crippen LogP contribution is -2.24. The maximum Gasteiger partial charge on any atom is 0.232 e. The zero-order valence-corrected chi connectivity index (χ0v) is 14.2. The van der Waals surface area contributed by atoms with Crippen LogP contribution in [0.2, 0.25) is 0 Å². The van der Waals surface area contributed by atoms with E-state index in [0.717, 1.165) is 24.7 Å². The number of benzene rings is 1. The molecule has 0 bridgehead atoms. The summed E-state index contributed by atoms with van der Waals surface area (Å²) in [6, 6.07) is 8.23. The molecular formula is C16H21N5OS. The molecular weight excluding hydrogens is 310 g/mol. The van der Waals surface area contributed by atoms with Gasteiger partial charge in [-0.25, -0.2) is 0 Å². The van der Waals surface area contributed by atoms with E-state index < -0.39 is 0 Å². The molecule has 0 saturated carbocycles. The van der Waals surface area contributed by atoms with Crippen LogP contribution >= 0.6 is 11.8 Å². The van der Waals surface area contributed by atoms with Crippen LogP contribution in [-0.4, -0.2) is 39.0 Å². The molecule has 1 aliphatic heterocycles. The summed E-state index contributed by atoms with van der Waals surface area (Å²) in [5, 5.41) is 9.03. The highest BCUT2D eigenvalue weighted by atomic mass is 32.2. The molecule has 1 saturated heterocycles. The fourth-order valence-corrected chi connectivity index (χ4v) is 3.41. The zero-order valence-electron chi connectivity index (χ0n) is 13.4. The van der Waals surface area contributed by atoms with Crippen molar-refractivity contribution >= 4 is 23.6 Å². The quantitative estimate of drug-likeness (QED) is 0.850. The van der Waals surface area contributed by atoms with E-state index in [1.807, 2.05) is 4.57 Å². The summed E-state index contributed by atoms with van der Waals surface area (Å²) in [5.41, 5.74) is 7.59. The second-order valence-electron chi connectivity index (χ2n) is 5.81. The number of anilines is 1. The van der Waals surface area contributed by atoms with Gasteiger partial charge in [-0.3, -0.25) is 9.36 Å². The molecule has 23 heavy (non-hydrogen) atoms. The summed E-state index contributed by atoms with van der Waals surface area (Å²) in [7, 11) is 0. The van der Waals surface area contributed by atoms with Gasteiger partial charge in [0.2, 0.25) is 11.9 Å². The van der Waals surface area contributed by atoms with Crippen molar-refractivity contribution in [3.63, 3.8) is 0 Å². The fraction of sp³-hybridized carbons (Fsp3) is 0.438. The van der Waals surface area contributed by atoms with Gasteiger partial charge in [-0.2, -0.15) is 0 Å². The zero-order chi connectivity index (χ0) is 16.4. The van der Waals surface area contributed by atoms with Crippen LogP contribution in [0, 0.1) is 6.92 Å². The van der Waals surface area contributed by atoms with Crippen molar-refractivity contribution in [2.45, 2.75) is 37.1 Å². The molecule has 0 spiro atoms. The number of rotatable bonds is 5. The Morgan fingerprint density at radius 3 is 2.48 bits per heavy atom. The first-order valence-corrected chi connectivity index (χ1v) is 8.67. The highest BCUT2D eigenvalue weighted by Crippen LogP contribution is 2.30. The van der Waals surface area contributed by atoms with Crippen molar-refractivity contribution in [2.24, 2.45) is 5.73 Å². The molecule has 1 aliphatic rings. The van der Waals surface area contributed by atoms with E-state index in [-0.39, 0.29) is 11.2 Å². The maximum atomic E-state index is 11.4. The molecule has 1 aromatic carbocycles. The van der Waals surface area contributed by atoms with Gasteiger partial charge in [0.1, 0.15) is 0 Å². The van der Waals surface area contributed by atoms with Gasteiger partial charge in [0.25, 0.3) is 0 Å². The lowest BCUT2D eigenvalue weighted by Gasteiger charge is -2.19. The van der Waals surface area contributed by atoms with Gasteiger partial charge < -0.3 is 10.6 Å². The number of amides is 1. The molecule has 122 valence electrons. The van der Waals surface area contributed by atoms with Crippen LogP contribution in [0.5, 0.6) is 0 Å². The Hall–Kier alpha value is -2.02. The number of nitrogens with two attached hydrogens (primary N) is 1. The summed E-state index contributed by atoms with van der Waals surface area (Å²) in [6.45, 7) is 5.82. The van der Waals surface area contributed by atoms with E-state index >= 15 is 0 Å². The fourth-order valence-electron chi connectivity index (χ4n) is 2.60. The van der Waals surface area contributed by atoms with Crippen LogP contribution in [0.3, 0.4) is 0 Å². The number of carbonyl (C=O) groups is 1. The first-order valence-electron chi connectivity index (χ1n) is 7.79. The Kier molecular flexibility index (Phi) is 4.56. The van der Waals surface area contributed by atoms with E-state index in [0.29, 0.717) is 5.16 Å². The first-order chi connectivity index (χ1) is 11.1. The normalized spacial score (nSPS) is 15.8. The average molecular weight is 331 g/mol. The molecule has 1 atom stereocenters. The smallest absolute Gasteiger partial charge is 0.232 e. The monoisotopic (exact) mass is 331 g/mol. The molecule has 1 fully saturated rings. The SMILES string of the molecule is Cc1ccc(-n2c(SC(C)C(N)=O)nnc2N2CCCC2)cc1. The van der Waals surface area contributed by atoms with Crippen LogP contribution in [0.4, 0.5) is 5.95 Å². The van der Waals surface area contributed by atoms with Gasteiger partial charge in [0, 0.05) is 13.1 Å². The van der Waals surface area contributed by atoms with Gasteiger partial charge in [-0.15, -0.1) is 10.2 Å². The van der Waals surface area contributed by atoms with Gasteiger partial charge in [-0.05, 0) is 38.8 Å². The minimum absolute atomic E-state index is 0.351. The highest BCUT2D eigenvalue weighted by molar-refractivity contribution is 8.00. The Morgan fingerprint density at radius 1 is 1.22 bits per heavy atom. The molecule has 0 aliphatic carbocycles. The maximum absolute atomic E-state index is 11.4. The lowest BCUT2D eigenvalue weighted by molar-refractivity contribution is -0.117. The minimum atomic E-state index is -0.352. The Labute approximate surface area is 140 Å². The Balaban J connectivity index is 2.02. The predicted molar refractivity (Wildman–Crippen MR) is 92.1 cm³/mol. The van der Waals surface area contributed by atoms with E-state index in [1.165, 1.54) is 30.2 Å². The third kappa shape index (κ3) is 3.34. The predicted octanol–water partition coefficient (Wildman–Crippen LogP) is 2.14. The van der Waals surface area contributed by atoms with Crippen LogP contribution in [0.15, 0.2) is 29.4 Å². The van der Waals surface area contributed by atoms with Crippen LogP contribution in [0.1, 0.15) is 25.3 Å². The molecule has 1 aromatic heterocycles. The molecule has 1 unspecified atom stereocenters. The number of primary amides is 1. The summed E-state index contributed by atoms with van der Waals surface area (Å²) < 4.78 is 2.02. The minimum Gasteiger partial charge on any atom is -0.369 e. The van der Waals surface area contributed by atoms with Crippen molar-refractivity contribution < 1.29 is 4.79 Å². The van der Waals surface area contributed by atoms with Crippen molar-refractivity contribution in [2.75, 3.05) is 18.0 Å². The van der Waals surface area contributed by atoms with E-state index in [4.69, 9.17) is 5.73 Å². The third-order valence-electron chi connectivity index (χ3n) is 3.98. The number of carbonyl (C=O) groups excluding carboxylic acids is 1. The number of aryl methyl sites for hydroxylation is 1. The molecule has 2 heterocycles. The summed E-state index contributed by atoms with van der Waals surface area (Å²) >= 11 is 1.35. The molecule has 3 rings (SSSR count). The van der Waals surface area contributed by atoms with Gasteiger partial charge in [0.05, 0.1) is 10.9 Å². The van der Waals surface area contributed by atoms with Crippen molar-refractivity contribution in [1.82, 2.24) is 14.8 Å². The average Bonchev–Trinajstić information content (AvgIpc) is 3.17. The lowest BCUT2D eigenvalue weighted by atomic mass is 10.2. The molecule has 2 N–H and O–H groups in total. The molecule has 2 aromatic rings. The number of hydrogen-bond acceptors (Lipinski definition) is 5. The van der Waals surface area contributed by atoms with E-state index in [2.05, 4.69) is 46.3 Å². The van der Waals surface area contributed by atoms with Gasteiger partial charge >= 0.3 is 0 Å². The largest absolute Gasteiger partial charge is 0.369 e. The molecule has 7 heteroatoms. The Bertz CT molecular complexity index is 691. The summed E-state index contributed by atoms with van der Waals surface area (Å²) in [5.74, 6) is 0.488. The Morgan fingerprint density at radius 2 is 1.87 bits per heavy atom. The summed E-state index contributed by atoms with van der Waals surface area (Å²) in [4.78, 5) is 13.6. The van der Waals surface area contributed by atoms with Crippen molar-refractivity contribution in [3.05, 3.63) is 29.8 Å². The standard InChI is InChI=1S/C16H21N5OS/c1-11-5-7-13(8-6-11)21-15(20-9-3-4-10-20)18-19-16(21)23-12(2)14(17)22/h5-8,12H,3-4,9-10H2,1-2H3,(H2,17,22). The molecule has 1 amide bonds. The van der Waals surface area contributed by atoms with Crippen molar-refractivity contribution in [1.29, 1.82) is 0 Å². The number of nitrogens with zero attached hydrogens (tertiary/aromatic N) is 4. The highest BCUT2D eigenvalue weighted by Gasteiger charge is 2.24. The van der Waals surface area contributed by atoms with E-state index in [1.54, 1.807) is 6.92 Å². The number of thioether (sulfide) groups is 1. The second-order valence-corrected chi connectivity index (χ2v) is 7.12. The van der Waals surface area contributed by atoms with Gasteiger partial charge in [0.15, 0.2) is 5.16 Å². The van der Waals surface area contributed by atoms with Crippen LogP contribution in [-0.2, 0) is 4.79 Å². The molecule has 0 radical (unpaired) electrons.